The van der Waals surface area contributed by atoms with Gasteiger partial charge in [-0.15, -0.1) is 11.8 Å². The zero-order chi connectivity index (χ0) is 15.3. The van der Waals surface area contributed by atoms with E-state index in [0.717, 1.165) is 12.1 Å². The highest BCUT2D eigenvalue weighted by Crippen LogP contribution is 2.19. The molecule has 6 heteroatoms. The minimum Gasteiger partial charge on any atom is -0.459 e. The van der Waals surface area contributed by atoms with Crippen molar-refractivity contribution in [3.63, 3.8) is 0 Å². The van der Waals surface area contributed by atoms with Crippen LogP contribution in [0.15, 0.2) is 18.2 Å². The molecule has 1 rings (SSSR count). The smallest absolute Gasteiger partial charge is 0.316 e. The lowest BCUT2D eigenvalue weighted by atomic mass is 10.1. The molecular formula is C14H19F2NO2S. The van der Waals surface area contributed by atoms with Gasteiger partial charge in [0, 0.05) is 11.8 Å². The van der Waals surface area contributed by atoms with Gasteiger partial charge in [0.2, 0.25) is 0 Å². The van der Waals surface area contributed by atoms with Crippen molar-refractivity contribution in [2.24, 2.45) is 5.73 Å². The molecule has 3 nitrogen and oxygen atoms in total. The Morgan fingerprint density at radius 2 is 2.00 bits per heavy atom. The third-order valence-electron chi connectivity index (χ3n) is 2.31. The minimum atomic E-state index is -0.921. The van der Waals surface area contributed by atoms with Crippen molar-refractivity contribution in [3.8, 4) is 0 Å². The Balaban J connectivity index is 2.42. The van der Waals surface area contributed by atoms with Crippen molar-refractivity contribution in [2.45, 2.75) is 32.4 Å². The Kier molecular flexibility index (Phi) is 5.95. The molecule has 112 valence electrons. The van der Waals surface area contributed by atoms with Gasteiger partial charge in [0.05, 0.1) is 5.75 Å². The highest BCUT2D eigenvalue weighted by atomic mass is 32.2. The first-order valence-corrected chi connectivity index (χ1v) is 7.34. The molecule has 1 aromatic rings. The van der Waals surface area contributed by atoms with Gasteiger partial charge < -0.3 is 10.5 Å². The molecule has 0 radical (unpaired) electrons. The fraction of sp³-hybridized carbons (Fsp3) is 0.500. The molecule has 0 saturated carbocycles. The number of thioether (sulfide) groups is 1. The number of carbonyl (C=O) groups is 1. The molecular weight excluding hydrogens is 284 g/mol. The van der Waals surface area contributed by atoms with Gasteiger partial charge in [0.25, 0.3) is 0 Å². The molecule has 0 bridgehead atoms. The van der Waals surface area contributed by atoms with Crippen molar-refractivity contribution < 1.29 is 18.3 Å². The van der Waals surface area contributed by atoms with Crippen molar-refractivity contribution in [3.05, 3.63) is 35.4 Å². The number of benzene rings is 1. The van der Waals surface area contributed by atoms with Gasteiger partial charge in [-0.3, -0.25) is 4.79 Å². The van der Waals surface area contributed by atoms with Crippen LogP contribution in [0.25, 0.3) is 0 Å². The molecule has 0 aromatic heterocycles. The molecule has 0 fully saturated rings. The van der Waals surface area contributed by atoms with Gasteiger partial charge in [0.15, 0.2) is 11.6 Å². The van der Waals surface area contributed by atoms with Crippen LogP contribution < -0.4 is 5.73 Å². The summed E-state index contributed by atoms with van der Waals surface area (Å²) in [4.78, 5) is 11.5. The Hall–Kier alpha value is -1.14. The number of hydrogen-bond acceptors (Lipinski definition) is 4. The maximum atomic E-state index is 13.1. The average Bonchev–Trinajstić information content (AvgIpc) is 2.30. The second-order valence-electron chi connectivity index (χ2n) is 5.38. The Labute approximate surface area is 121 Å². The normalized spacial score (nSPS) is 13.1. The van der Waals surface area contributed by atoms with Gasteiger partial charge in [-0.2, -0.15) is 0 Å². The summed E-state index contributed by atoms with van der Waals surface area (Å²) in [5.74, 6) is -1.55. The van der Waals surface area contributed by atoms with Crippen molar-refractivity contribution in [1.82, 2.24) is 0 Å². The highest BCUT2D eigenvalue weighted by Gasteiger charge is 2.17. The summed E-state index contributed by atoms with van der Waals surface area (Å²) < 4.78 is 31.0. The van der Waals surface area contributed by atoms with Crippen molar-refractivity contribution >= 4 is 17.7 Å². The van der Waals surface area contributed by atoms with Gasteiger partial charge in [-0.25, -0.2) is 8.78 Å². The fourth-order valence-corrected chi connectivity index (χ4v) is 2.27. The number of carbonyl (C=O) groups excluding carboxylic acids is 1. The molecule has 0 amide bonds. The molecule has 0 aliphatic carbocycles. The average molecular weight is 303 g/mol. The van der Waals surface area contributed by atoms with E-state index >= 15 is 0 Å². The molecule has 0 saturated heterocycles. The number of halogens is 2. The van der Waals surface area contributed by atoms with Crippen LogP contribution in [0.4, 0.5) is 8.78 Å². The van der Waals surface area contributed by atoms with E-state index in [9.17, 15) is 13.6 Å². The standard InChI is InChI=1S/C14H19F2NO2S/c1-14(2,3)19-13(18)8-20-7-12(17)9-4-5-10(15)11(16)6-9/h4-6,12H,7-8,17H2,1-3H3. The lowest BCUT2D eigenvalue weighted by Gasteiger charge is -2.19. The zero-order valence-corrected chi connectivity index (χ0v) is 12.6. The summed E-state index contributed by atoms with van der Waals surface area (Å²) in [6, 6.07) is 3.10. The van der Waals surface area contributed by atoms with E-state index in [1.165, 1.54) is 17.8 Å². The van der Waals surface area contributed by atoms with Crippen LogP contribution in [0.2, 0.25) is 0 Å². The monoisotopic (exact) mass is 303 g/mol. The minimum absolute atomic E-state index is 0.175. The molecule has 0 aliphatic rings. The van der Waals surface area contributed by atoms with E-state index in [2.05, 4.69) is 0 Å². The predicted molar refractivity (Wildman–Crippen MR) is 76.5 cm³/mol. The molecule has 1 unspecified atom stereocenters. The van der Waals surface area contributed by atoms with Crippen LogP contribution in [0, 0.1) is 11.6 Å². The quantitative estimate of drug-likeness (QED) is 0.850. The third-order valence-corrected chi connectivity index (χ3v) is 3.34. The highest BCUT2D eigenvalue weighted by molar-refractivity contribution is 7.99. The molecule has 0 heterocycles. The topological polar surface area (TPSA) is 52.3 Å². The van der Waals surface area contributed by atoms with Crippen molar-refractivity contribution in [1.29, 1.82) is 0 Å². The lowest BCUT2D eigenvalue weighted by Crippen LogP contribution is -2.25. The summed E-state index contributed by atoms with van der Waals surface area (Å²) in [6.45, 7) is 5.38. The van der Waals surface area contributed by atoms with Gasteiger partial charge in [0.1, 0.15) is 5.60 Å². The predicted octanol–water partition coefficient (Wildman–Crippen LogP) is 3.04. The zero-order valence-electron chi connectivity index (χ0n) is 11.8. The number of esters is 1. The molecule has 1 aromatic carbocycles. The summed E-state index contributed by atoms with van der Waals surface area (Å²) in [5, 5.41) is 0. The number of rotatable bonds is 5. The van der Waals surface area contributed by atoms with Crippen LogP contribution in [0.5, 0.6) is 0 Å². The van der Waals surface area contributed by atoms with Crippen LogP contribution in [0.1, 0.15) is 32.4 Å². The van der Waals surface area contributed by atoms with Crippen LogP contribution in [-0.2, 0) is 9.53 Å². The Morgan fingerprint density at radius 1 is 1.35 bits per heavy atom. The molecule has 0 spiro atoms. The van der Waals surface area contributed by atoms with E-state index in [0.29, 0.717) is 11.3 Å². The molecule has 20 heavy (non-hydrogen) atoms. The maximum absolute atomic E-state index is 13.1. The number of nitrogens with two attached hydrogens (primary N) is 1. The molecule has 1 atom stereocenters. The van der Waals surface area contributed by atoms with Gasteiger partial charge >= 0.3 is 5.97 Å². The SMILES string of the molecule is CC(C)(C)OC(=O)CSCC(N)c1ccc(F)c(F)c1. The molecule has 0 aliphatic heterocycles. The number of ether oxygens (including phenoxy) is 1. The van der Waals surface area contributed by atoms with E-state index < -0.39 is 23.3 Å². The summed E-state index contributed by atoms with van der Waals surface area (Å²) >= 11 is 1.30. The summed E-state index contributed by atoms with van der Waals surface area (Å²) in [6.07, 6.45) is 0. The second-order valence-corrected chi connectivity index (χ2v) is 6.41. The summed E-state index contributed by atoms with van der Waals surface area (Å²) in [7, 11) is 0. The third kappa shape index (κ3) is 5.88. The Bertz CT molecular complexity index is 475. The van der Waals surface area contributed by atoms with Crippen molar-refractivity contribution in [2.75, 3.05) is 11.5 Å². The van der Waals surface area contributed by atoms with E-state index in [1.807, 2.05) is 0 Å². The first-order chi connectivity index (χ1) is 9.19. The lowest BCUT2D eigenvalue weighted by molar-refractivity contribution is -0.151. The first kappa shape index (κ1) is 16.9. The van der Waals surface area contributed by atoms with Gasteiger partial charge in [-0.1, -0.05) is 6.07 Å². The van der Waals surface area contributed by atoms with Gasteiger partial charge in [-0.05, 0) is 38.5 Å². The van der Waals surface area contributed by atoms with Crippen LogP contribution in [0.3, 0.4) is 0 Å². The fourth-order valence-electron chi connectivity index (χ4n) is 1.48. The van der Waals surface area contributed by atoms with E-state index in [-0.39, 0.29) is 11.7 Å². The first-order valence-electron chi connectivity index (χ1n) is 6.19. The van der Waals surface area contributed by atoms with Crippen LogP contribution >= 0.6 is 11.8 Å². The molecule has 2 N–H and O–H groups in total. The summed E-state index contributed by atoms with van der Waals surface area (Å²) in [5.41, 5.74) is 5.85. The van der Waals surface area contributed by atoms with E-state index in [4.69, 9.17) is 10.5 Å². The largest absolute Gasteiger partial charge is 0.459 e. The maximum Gasteiger partial charge on any atom is 0.316 e. The Morgan fingerprint density at radius 3 is 2.55 bits per heavy atom. The van der Waals surface area contributed by atoms with E-state index in [1.54, 1.807) is 20.8 Å². The van der Waals surface area contributed by atoms with Crippen LogP contribution in [-0.4, -0.2) is 23.1 Å². The second kappa shape index (κ2) is 7.04. The number of hydrogen-bond donors (Lipinski definition) is 1.